The first-order chi connectivity index (χ1) is 15.7. The lowest BCUT2D eigenvalue weighted by molar-refractivity contribution is -0.226. The highest BCUT2D eigenvalue weighted by Crippen LogP contribution is 2.46. The summed E-state index contributed by atoms with van der Waals surface area (Å²) >= 11 is 0. The van der Waals surface area contributed by atoms with Crippen molar-refractivity contribution in [3.05, 3.63) is 12.2 Å². The van der Waals surface area contributed by atoms with Crippen LogP contribution in [0, 0.1) is 0 Å². The van der Waals surface area contributed by atoms with Gasteiger partial charge in [-0.1, -0.05) is 12.2 Å². The van der Waals surface area contributed by atoms with Gasteiger partial charge in [-0.25, -0.2) is 0 Å². The van der Waals surface area contributed by atoms with E-state index in [0.29, 0.717) is 0 Å². The Kier molecular flexibility index (Phi) is 5.19. The Hall–Kier alpha value is -0.660. The van der Waals surface area contributed by atoms with Crippen LogP contribution < -0.4 is 0 Å². The van der Waals surface area contributed by atoms with Gasteiger partial charge in [-0.2, -0.15) is 0 Å². The minimum Gasteiger partial charge on any atom is -0.342 e. The third-order valence-electron chi connectivity index (χ3n) is 6.87. The monoisotopic (exact) mass is 484 g/mol. The molecule has 10 heteroatoms. The Morgan fingerprint density at radius 3 is 1.06 bits per heavy atom. The minimum absolute atomic E-state index is 0.327. The van der Waals surface area contributed by atoms with Crippen LogP contribution in [-0.2, 0) is 47.4 Å². The second kappa shape index (κ2) is 7.44. The van der Waals surface area contributed by atoms with E-state index in [-0.39, 0.29) is 36.6 Å². The van der Waals surface area contributed by atoms with Gasteiger partial charge in [0, 0.05) is 0 Å². The van der Waals surface area contributed by atoms with Crippen molar-refractivity contribution in [1.29, 1.82) is 0 Å². The van der Waals surface area contributed by atoms with Crippen molar-refractivity contribution in [1.82, 2.24) is 0 Å². The fourth-order valence-electron chi connectivity index (χ4n) is 5.81. The van der Waals surface area contributed by atoms with Crippen molar-refractivity contribution >= 4 is 0 Å². The molecule has 192 valence electrons. The Bertz CT molecular complexity index is 785. The van der Waals surface area contributed by atoms with E-state index in [1.165, 1.54) is 0 Å². The molecular weight excluding hydrogens is 448 g/mol. The third-order valence-corrected chi connectivity index (χ3v) is 6.87. The minimum atomic E-state index is -0.767. The van der Waals surface area contributed by atoms with E-state index in [2.05, 4.69) is 0 Å². The van der Waals surface area contributed by atoms with Gasteiger partial charge in [0.2, 0.25) is 0 Å². The molecule has 6 aliphatic rings. The molecule has 6 saturated heterocycles. The predicted octanol–water partition coefficient (Wildman–Crippen LogP) is 2.34. The van der Waals surface area contributed by atoms with Gasteiger partial charge in [-0.3, -0.25) is 0 Å². The molecule has 0 unspecified atom stereocenters. The number of hydrogen-bond acceptors (Lipinski definition) is 10. The van der Waals surface area contributed by atoms with Crippen molar-refractivity contribution in [2.24, 2.45) is 0 Å². The van der Waals surface area contributed by atoms with Crippen LogP contribution in [0.1, 0.15) is 55.4 Å². The fraction of sp³-hybridized carbons (Fsp3) is 0.917. The summed E-state index contributed by atoms with van der Waals surface area (Å²) in [6, 6.07) is 0. The van der Waals surface area contributed by atoms with Crippen LogP contribution >= 0.6 is 0 Å². The second-order valence-electron chi connectivity index (χ2n) is 11.7. The predicted molar refractivity (Wildman–Crippen MR) is 114 cm³/mol. The van der Waals surface area contributed by atoms with Gasteiger partial charge in [0.1, 0.15) is 48.8 Å². The zero-order valence-electron chi connectivity index (χ0n) is 21.0. The lowest BCUT2D eigenvalue weighted by Gasteiger charge is -2.38. The lowest BCUT2D eigenvalue weighted by atomic mass is 9.95. The second-order valence-corrected chi connectivity index (χ2v) is 11.7. The molecule has 0 radical (unpaired) electrons. The number of fused-ring (bicyclic) bond motifs is 6. The van der Waals surface area contributed by atoms with Gasteiger partial charge in [0.15, 0.2) is 35.7 Å². The molecule has 0 aromatic rings. The van der Waals surface area contributed by atoms with Gasteiger partial charge in [-0.05, 0) is 55.4 Å². The highest BCUT2D eigenvalue weighted by atomic mass is 16.9. The molecule has 6 rings (SSSR count). The van der Waals surface area contributed by atoms with Crippen LogP contribution in [0.3, 0.4) is 0 Å². The summed E-state index contributed by atoms with van der Waals surface area (Å²) in [7, 11) is 0. The smallest absolute Gasteiger partial charge is 0.190 e. The topological polar surface area (TPSA) is 92.3 Å². The molecule has 0 bridgehead atoms. The van der Waals surface area contributed by atoms with Gasteiger partial charge >= 0.3 is 0 Å². The van der Waals surface area contributed by atoms with Gasteiger partial charge in [-0.15, -0.1) is 0 Å². The first-order valence-corrected chi connectivity index (χ1v) is 12.1. The van der Waals surface area contributed by atoms with Crippen LogP contribution in [0.5, 0.6) is 0 Å². The average molecular weight is 485 g/mol. The van der Waals surface area contributed by atoms with E-state index in [9.17, 15) is 0 Å². The molecule has 0 N–H and O–H groups in total. The Morgan fingerprint density at radius 1 is 0.382 bits per heavy atom. The molecule has 10 atom stereocenters. The van der Waals surface area contributed by atoms with Gasteiger partial charge in [0.05, 0.1) is 0 Å². The molecule has 0 saturated carbocycles. The molecule has 6 aliphatic heterocycles. The molecule has 0 amide bonds. The van der Waals surface area contributed by atoms with Crippen LogP contribution in [-0.4, -0.2) is 84.6 Å². The number of ether oxygens (including phenoxy) is 10. The average Bonchev–Trinajstić information content (AvgIpc) is 3.37. The van der Waals surface area contributed by atoms with Crippen molar-refractivity contribution in [2.75, 3.05) is 0 Å². The summed E-state index contributed by atoms with van der Waals surface area (Å²) in [5, 5.41) is 0. The molecule has 0 aromatic carbocycles. The maximum Gasteiger partial charge on any atom is 0.190 e. The summed E-state index contributed by atoms with van der Waals surface area (Å²) in [5.41, 5.74) is 0. The quantitative estimate of drug-likeness (QED) is 0.544. The molecule has 0 aromatic heterocycles. The van der Waals surface area contributed by atoms with Crippen molar-refractivity contribution in [3.63, 3.8) is 0 Å². The zero-order valence-corrected chi connectivity index (χ0v) is 21.0. The molecular formula is C24H36O10. The van der Waals surface area contributed by atoms with Crippen molar-refractivity contribution < 1.29 is 47.4 Å². The van der Waals surface area contributed by atoms with Crippen LogP contribution in [0.2, 0.25) is 0 Å². The van der Waals surface area contributed by atoms with Crippen LogP contribution in [0.25, 0.3) is 0 Å². The molecule has 6 heterocycles. The summed E-state index contributed by atoms with van der Waals surface area (Å²) in [6.07, 6.45) is -0.249. The lowest BCUT2D eigenvalue weighted by Crippen LogP contribution is -2.55. The highest BCUT2D eigenvalue weighted by Gasteiger charge is 2.62. The maximum atomic E-state index is 6.29. The zero-order chi connectivity index (χ0) is 24.3. The number of hydrogen-bond donors (Lipinski definition) is 0. The van der Waals surface area contributed by atoms with Crippen LogP contribution in [0.15, 0.2) is 12.2 Å². The van der Waals surface area contributed by atoms with Gasteiger partial charge in [0.25, 0.3) is 0 Å². The van der Waals surface area contributed by atoms with E-state index in [1.54, 1.807) is 0 Å². The first kappa shape index (κ1) is 23.7. The Morgan fingerprint density at radius 2 is 0.676 bits per heavy atom. The molecule has 6 fully saturated rings. The SMILES string of the molecule is CC1(C)O[C@@H]2O[C@@H](/C=C\[C@H]3O[C@@H]4OC(C)(C)O[C@@H]4[C@H]4OC(C)(C)O[C@H]43)[C@H]3OC(C)(C)O[C@H]3[C@@H]2O1. The maximum absolute atomic E-state index is 6.29. The van der Waals surface area contributed by atoms with E-state index < -0.39 is 47.9 Å². The standard InChI is InChI=1S/C24H36O10/c1-21(2)27-13-11(25-19-17(15(13)29-21)31-23(5,6)33-19)9-10-12-14-16(30-22(3,4)28-14)18-20(26-12)34-24(7,8)32-18/h9-20H,1-8H3/b10-9-/t11-,12+,13+,14-,15+,16-,17-,18+,19-,20+. The van der Waals surface area contributed by atoms with E-state index in [0.717, 1.165) is 0 Å². The number of rotatable bonds is 2. The van der Waals surface area contributed by atoms with E-state index in [1.807, 2.05) is 67.5 Å². The normalized spacial score (nSPS) is 51.8. The fourth-order valence-corrected chi connectivity index (χ4v) is 5.81. The Labute approximate surface area is 200 Å². The van der Waals surface area contributed by atoms with Crippen molar-refractivity contribution in [3.8, 4) is 0 Å². The molecule has 10 nitrogen and oxygen atoms in total. The summed E-state index contributed by atoms with van der Waals surface area (Å²) in [4.78, 5) is 0. The molecule has 0 spiro atoms. The third kappa shape index (κ3) is 4.06. The Balaban J connectivity index is 1.25. The van der Waals surface area contributed by atoms with Crippen LogP contribution in [0.4, 0.5) is 0 Å². The molecule has 34 heavy (non-hydrogen) atoms. The summed E-state index contributed by atoms with van der Waals surface area (Å²) in [6.45, 7) is 15.0. The summed E-state index contributed by atoms with van der Waals surface area (Å²) < 4.78 is 61.6. The first-order valence-electron chi connectivity index (χ1n) is 12.1. The van der Waals surface area contributed by atoms with Crippen molar-refractivity contribution in [2.45, 2.75) is 140 Å². The molecule has 0 aliphatic carbocycles. The van der Waals surface area contributed by atoms with Gasteiger partial charge < -0.3 is 47.4 Å². The largest absolute Gasteiger partial charge is 0.342 e. The summed E-state index contributed by atoms with van der Waals surface area (Å²) in [5.74, 6) is -3.06. The highest BCUT2D eigenvalue weighted by molar-refractivity contribution is 5.12. The van der Waals surface area contributed by atoms with E-state index >= 15 is 0 Å². The van der Waals surface area contributed by atoms with E-state index in [4.69, 9.17) is 47.4 Å².